The highest BCUT2D eigenvalue weighted by atomic mass is 19.4. The predicted molar refractivity (Wildman–Crippen MR) is 132 cm³/mol. The van der Waals surface area contributed by atoms with Gasteiger partial charge in [-0.2, -0.15) is 13.2 Å². The summed E-state index contributed by atoms with van der Waals surface area (Å²) in [5.74, 6) is 3.71. The highest BCUT2D eigenvalue weighted by molar-refractivity contribution is 5.82. The molecule has 0 aromatic heterocycles. The van der Waals surface area contributed by atoms with Crippen molar-refractivity contribution in [1.29, 1.82) is 0 Å². The minimum atomic E-state index is -4.31. The molecule has 2 aromatic rings. The van der Waals surface area contributed by atoms with Gasteiger partial charge in [-0.15, -0.1) is 0 Å². The van der Waals surface area contributed by atoms with E-state index in [1.54, 1.807) is 6.07 Å². The Kier molecular flexibility index (Phi) is 7.22. The monoisotopic (exact) mass is 483 g/mol. The number of halogens is 3. The van der Waals surface area contributed by atoms with Crippen LogP contribution in [0.3, 0.4) is 0 Å². The summed E-state index contributed by atoms with van der Waals surface area (Å²) < 4.78 is 38.6. The first-order valence-electron chi connectivity index (χ1n) is 13.4. The van der Waals surface area contributed by atoms with Crippen LogP contribution in [0.15, 0.2) is 54.6 Å². The molecule has 0 saturated heterocycles. The Morgan fingerprint density at radius 2 is 1.60 bits per heavy atom. The van der Waals surface area contributed by atoms with Gasteiger partial charge in [-0.05, 0) is 105 Å². The number of benzene rings is 2. The van der Waals surface area contributed by atoms with Gasteiger partial charge in [-0.1, -0.05) is 48.5 Å². The number of aryl methyl sites for hydroxylation is 1. The minimum absolute atomic E-state index is 0.161. The average molecular weight is 484 g/mol. The molecule has 1 amide bonds. The number of alkyl halides is 3. The van der Waals surface area contributed by atoms with E-state index in [9.17, 15) is 18.0 Å². The number of hydrogen-bond acceptors (Lipinski definition) is 1. The van der Waals surface area contributed by atoms with Gasteiger partial charge in [0.15, 0.2) is 0 Å². The van der Waals surface area contributed by atoms with Crippen molar-refractivity contribution in [2.75, 3.05) is 6.54 Å². The van der Waals surface area contributed by atoms with Crippen LogP contribution in [0.25, 0.3) is 0 Å². The van der Waals surface area contributed by atoms with Crippen LogP contribution in [0, 0.1) is 29.6 Å². The lowest BCUT2D eigenvalue weighted by molar-refractivity contribution is -0.137. The number of amides is 1. The maximum absolute atomic E-state index is 12.9. The predicted octanol–water partition coefficient (Wildman–Crippen LogP) is 7.39. The Balaban J connectivity index is 1.03. The molecule has 3 fully saturated rings. The molecule has 188 valence electrons. The SMILES string of the molecule is O=C(NCCCc1cccc(C(F)(F)F)c1)[C@H]1[C@@H]2CCC(C3CCC(c4ccccc4)CC3)C[C@@H]21. The zero-order chi connectivity index (χ0) is 24.4. The van der Waals surface area contributed by atoms with Gasteiger partial charge in [0.1, 0.15) is 0 Å². The van der Waals surface area contributed by atoms with Gasteiger partial charge >= 0.3 is 6.18 Å². The van der Waals surface area contributed by atoms with Gasteiger partial charge < -0.3 is 5.32 Å². The van der Waals surface area contributed by atoms with E-state index in [1.807, 2.05) is 0 Å². The van der Waals surface area contributed by atoms with E-state index in [1.165, 1.54) is 62.6 Å². The van der Waals surface area contributed by atoms with Gasteiger partial charge in [0.05, 0.1) is 5.56 Å². The molecular weight excluding hydrogens is 447 g/mol. The van der Waals surface area contributed by atoms with Crippen LogP contribution in [0.4, 0.5) is 13.2 Å². The smallest absolute Gasteiger partial charge is 0.356 e. The molecule has 3 aliphatic rings. The molecule has 0 radical (unpaired) electrons. The summed E-state index contributed by atoms with van der Waals surface area (Å²) >= 11 is 0. The number of nitrogens with one attached hydrogen (secondary N) is 1. The number of carbonyl (C=O) groups excluding carboxylic acids is 1. The van der Waals surface area contributed by atoms with Gasteiger partial charge in [-0.3, -0.25) is 4.79 Å². The fourth-order valence-electron chi connectivity index (χ4n) is 7.03. The van der Waals surface area contributed by atoms with Crippen LogP contribution < -0.4 is 5.32 Å². The first-order chi connectivity index (χ1) is 16.9. The first kappa shape index (κ1) is 24.4. The second kappa shape index (κ2) is 10.4. The zero-order valence-corrected chi connectivity index (χ0v) is 20.3. The number of rotatable bonds is 7. The molecule has 2 nitrogen and oxygen atoms in total. The molecular formula is C30H36F3NO. The molecule has 4 atom stereocenters. The Labute approximate surface area is 206 Å². The summed E-state index contributed by atoms with van der Waals surface area (Å²) in [5, 5.41) is 3.07. The van der Waals surface area contributed by atoms with Crippen LogP contribution >= 0.6 is 0 Å². The Hall–Kier alpha value is -2.30. The van der Waals surface area contributed by atoms with E-state index in [0.717, 1.165) is 17.9 Å². The van der Waals surface area contributed by atoms with E-state index in [0.29, 0.717) is 42.7 Å². The molecule has 2 aromatic carbocycles. The molecule has 1 N–H and O–H groups in total. The first-order valence-corrected chi connectivity index (χ1v) is 13.4. The van der Waals surface area contributed by atoms with Crippen LogP contribution in [0.1, 0.15) is 74.0 Å². The average Bonchev–Trinajstić information content (AvgIpc) is 3.60. The van der Waals surface area contributed by atoms with Crippen LogP contribution in [-0.4, -0.2) is 12.5 Å². The number of fused-ring (bicyclic) bond motifs is 1. The van der Waals surface area contributed by atoms with Crippen molar-refractivity contribution >= 4 is 5.91 Å². The van der Waals surface area contributed by atoms with Gasteiger partial charge in [-0.25, -0.2) is 0 Å². The number of hydrogen-bond donors (Lipinski definition) is 1. The Bertz CT molecular complexity index is 996. The third kappa shape index (κ3) is 5.76. The lowest BCUT2D eigenvalue weighted by Gasteiger charge is -2.35. The van der Waals surface area contributed by atoms with Crippen molar-refractivity contribution < 1.29 is 18.0 Å². The van der Waals surface area contributed by atoms with Gasteiger partial charge in [0, 0.05) is 12.5 Å². The van der Waals surface area contributed by atoms with E-state index >= 15 is 0 Å². The molecule has 0 spiro atoms. The molecule has 1 unspecified atom stereocenters. The lowest BCUT2D eigenvalue weighted by atomic mass is 9.70. The van der Waals surface area contributed by atoms with Crippen molar-refractivity contribution in [2.45, 2.75) is 69.9 Å². The lowest BCUT2D eigenvalue weighted by Crippen LogP contribution is -2.27. The third-order valence-corrected chi connectivity index (χ3v) is 8.99. The molecule has 0 heterocycles. The van der Waals surface area contributed by atoms with E-state index in [4.69, 9.17) is 0 Å². The highest BCUT2D eigenvalue weighted by Crippen LogP contribution is 2.59. The summed E-state index contributed by atoms with van der Waals surface area (Å²) in [7, 11) is 0. The van der Waals surface area contributed by atoms with Gasteiger partial charge in [0.2, 0.25) is 5.91 Å². The van der Waals surface area contributed by atoms with E-state index in [-0.39, 0.29) is 11.8 Å². The molecule has 5 heteroatoms. The van der Waals surface area contributed by atoms with Crippen molar-refractivity contribution in [3.63, 3.8) is 0 Å². The highest BCUT2D eigenvalue weighted by Gasteiger charge is 2.57. The number of carbonyl (C=O) groups is 1. The standard InChI is InChI=1S/C30H36F3NO/c31-30(32,33)25-10-4-6-20(18-25)7-5-17-34-29(35)28-26-16-15-24(19-27(26)28)23-13-11-22(12-14-23)21-8-2-1-3-9-21/h1-4,6,8-10,18,22-24,26-28H,5,7,11-17,19H2,(H,34,35)/t22?,23?,24?,26-,27+,28+/m1/s1. The summed E-state index contributed by atoms with van der Waals surface area (Å²) in [4.78, 5) is 12.8. The topological polar surface area (TPSA) is 29.1 Å². The van der Waals surface area contributed by atoms with Crippen LogP contribution in [0.2, 0.25) is 0 Å². The molecule has 3 saturated carbocycles. The van der Waals surface area contributed by atoms with Crippen molar-refractivity contribution in [1.82, 2.24) is 5.32 Å². The molecule has 5 rings (SSSR count). The summed E-state index contributed by atoms with van der Waals surface area (Å²) in [6.07, 6.45) is 5.72. The quantitative estimate of drug-likeness (QED) is 0.409. The summed E-state index contributed by atoms with van der Waals surface area (Å²) in [5.41, 5.74) is 1.55. The summed E-state index contributed by atoms with van der Waals surface area (Å²) in [6, 6.07) is 16.4. The third-order valence-electron chi connectivity index (χ3n) is 8.99. The maximum atomic E-state index is 12.9. The zero-order valence-electron chi connectivity index (χ0n) is 20.3. The van der Waals surface area contributed by atoms with Crippen molar-refractivity contribution in [2.24, 2.45) is 29.6 Å². The second-order valence-corrected chi connectivity index (χ2v) is 11.0. The van der Waals surface area contributed by atoms with E-state index in [2.05, 4.69) is 35.6 Å². The van der Waals surface area contributed by atoms with E-state index < -0.39 is 11.7 Å². The fourth-order valence-corrected chi connectivity index (χ4v) is 7.03. The Morgan fingerprint density at radius 1 is 0.857 bits per heavy atom. The Morgan fingerprint density at radius 3 is 2.34 bits per heavy atom. The maximum Gasteiger partial charge on any atom is 0.416 e. The van der Waals surface area contributed by atoms with Gasteiger partial charge in [0.25, 0.3) is 0 Å². The molecule has 0 aliphatic heterocycles. The van der Waals surface area contributed by atoms with Crippen LogP contribution in [0.5, 0.6) is 0 Å². The molecule has 35 heavy (non-hydrogen) atoms. The van der Waals surface area contributed by atoms with Crippen molar-refractivity contribution in [3.8, 4) is 0 Å². The van der Waals surface area contributed by atoms with Crippen molar-refractivity contribution in [3.05, 3.63) is 71.3 Å². The second-order valence-electron chi connectivity index (χ2n) is 11.0. The summed E-state index contributed by atoms with van der Waals surface area (Å²) in [6.45, 7) is 0.526. The van der Waals surface area contributed by atoms with Crippen LogP contribution in [-0.2, 0) is 17.4 Å². The fraction of sp³-hybridized carbons (Fsp3) is 0.567. The largest absolute Gasteiger partial charge is 0.416 e. The molecule has 3 aliphatic carbocycles. The normalized spacial score (nSPS) is 30.4. The minimum Gasteiger partial charge on any atom is -0.356 e. The molecule has 0 bridgehead atoms.